The molecule has 0 aliphatic carbocycles. The fraction of sp³-hybridized carbons (Fsp3) is 0.533. The van der Waals surface area contributed by atoms with Gasteiger partial charge in [-0.3, -0.25) is 4.79 Å². The molecule has 1 amide bonds. The number of carbonyl (C=O) groups is 1. The standard InChI is InChI=1S/C15H22N2O2/c1-11-7-8-17(10-14(11)19-2)15(18)9-12-3-5-13(16)6-4-12/h3-6,11,14H,7-10,16H2,1-2H3. The van der Waals surface area contributed by atoms with Crippen LogP contribution in [0.15, 0.2) is 24.3 Å². The summed E-state index contributed by atoms with van der Waals surface area (Å²) in [5.41, 5.74) is 7.37. The Bertz CT molecular complexity index is 430. The van der Waals surface area contributed by atoms with Gasteiger partial charge in [-0.1, -0.05) is 19.1 Å². The number of nitrogen functional groups attached to an aromatic ring is 1. The molecule has 4 nitrogen and oxygen atoms in total. The quantitative estimate of drug-likeness (QED) is 0.843. The van der Waals surface area contributed by atoms with Gasteiger partial charge in [0.25, 0.3) is 0 Å². The first-order valence-electron chi connectivity index (χ1n) is 6.75. The fourth-order valence-electron chi connectivity index (χ4n) is 2.49. The summed E-state index contributed by atoms with van der Waals surface area (Å²) < 4.78 is 5.44. The number of methoxy groups -OCH3 is 1. The summed E-state index contributed by atoms with van der Waals surface area (Å²) in [5.74, 6) is 0.685. The van der Waals surface area contributed by atoms with Crippen LogP contribution >= 0.6 is 0 Å². The van der Waals surface area contributed by atoms with Gasteiger partial charge in [-0.25, -0.2) is 0 Å². The first-order chi connectivity index (χ1) is 9.10. The lowest BCUT2D eigenvalue weighted by Gasteiger charge is -2.36. The highest BCUT2D eigenvalue weighted by molar-refractivity contribution is 5.79. The third-order valence-corrected chi connectivity index (χ3v) is 3.88. The molecule has 2 rings (SSSR count). The first-order valence-corrected chi connectivity index (χ1v) is 6.75. The average molecular weight is 262 g/mol. The smallest absolute Gasteiger partial charge is 0.227 e. The predicted octanol–water partition coefficient (Wildman–Crippen LogP) is 1.69. The zero-order valence-corrected chi connectivity index (χ0v) is 11.6. The Morgan fingerprint density at radius 3 is 2.74 bits per heavy atom. The number of ether oxygens (including phenoxy) is 1. The molecule has 1 aromatic rings. The Labute approximate surface area is 114 Å². The monoisotopic (exact) mass is 262 g/mol. The molecule has 0 saturated carbocycles. The average Bonchev–Trinajstić information content (AvgIpc) is 2.42. The number of amides is 1. The highest BCUT2D eigenvalue weighted by atomic mass is 16.5. The molecule has 2 unspecified atom stereocenters. The summed E-state index contributed by atoms with van der Waals surface area (Å²) in [7, 11) is 1.72. The van der Waals surface area contributed by atoms with Crippen molar-refractivity contribution in [3.8, 4) is 0 Å². The zero-order valence-electron chi connectivity index (χ0n) is 11.6. The summed E-state index contributed by atoms with van der Waals surface area (Å²) in [4.78, 5) is 14.2. The molecule has 1 fully saturated rings. The van der Waals surface area contributed by atoms with Crippen molar-refractivity contribution in [3.05, 3.63) is 29.8 Å². The molecule has 0 aromatic heterocycles. The third-order valence-electron chi connectivity index (χ3n) is 3.88. The highest BCUT2D eigenvalue weighted by Gasteiger charge is 2.28. The number of benzene rings is 1. The Hall–Kier alpha value is -1.55. The van der Waals surface area contributed by atoms with Gasteiger partial charge in [0.15, 0.2) is 0 Å². The first kappa shape index (κ1) is 13.9. The second-order valence-electron chi connectivity index (χ2n) is 5.30. The maximum atomic E-state index is 12.3. The van der Waals surface area contributed by atoms with Gasteiger partial charge in [-0.2, -0.15) is 0 Å². The van der Waals surface area contributed by atoms with Crippen molar-refractivity contribution in [1.29, 1.82) is 0 Å². The van der Waals surface area contributed by atoms with Crippen molar-refractivity contribution in [1.82, 2.24) is 4.90 Å². The van der Waals surface area contributed by atoms with Gasteiger partial charge < -0.3 is 15.4 Å². The van der Waals surface area contributed by atoms with E-state index in [2.05, 4.69) is 6.92 Å². The van der Waals surface area contributed by atoms with Crippen LogP contribution in [0.1, 0.15) is 18.9 Å². The van der Waals surface area contributed by atoms with Crippen molar-refractivity contribution < 1.29 is 9.53 Å². The van der Waals surface area contributed by atoms with Crippen LogP contribution in [-0.4, -0.2) is 37.1 Å². The number of anilines is 1. The van der Waals surface area contributed by atoms with E-state index in [9.17, 15) is 4.79 Å². The molecule has 2 N–H and O–H groups in total. The lowest BCUT2D eigenvalue weighted by Crippen LogP contribution is -2.47. The molecule has 1 aliphatic heterocycles. The van der Waals surface area contributed by atoms with E-state index in [1.54, 1.807) is 7.11 Å². The number of likely N-dealkylation sites (tertiary alicyclic amines) is 1. The number of nitrogens with two attached hydrogens (primary N) is 1. The van der Waals surface area contributed by atoms with Crippen LogP contribution < -0.4 is 5.73 Å². The van der Waals surface area contributed by atoms with Crippen LogP contribution in [0.25, 0.3) is 0 Å². The van der Waals surface area contributed by atoms with Crippen LogP contribution in [0.3, 0.4) is 0 Å². The number of carbonyl (C=O) groups excluding carboxylic acids is 1. The molecule has 2 atom stereocenters. The second kappa shape index (κ2) is 6.06. The van der Waals surface area contributed by atoms with E-state index in [0.29, 0.717) is 18.9 Å². The Morgan fingerprint density at radius 1 is 1.42 bits per heavy atom. The zero-order chi connectivity index (χ0) is 13.8. The molecule has 1 saturated heterocycles. The van der Waals surface area contributed by atoms with Crippen molar-refractivity contribution >= 4 is 11.6 Å². The van der Waals surface area contributed by atoms with Crippen LogP contribution in [0, 0.1) is 5.92 Å². The van der Waals surface area contributed by atoms with Gasteiger partial charge in [0.2, 0.25) is 5.91 Å². The van der Waals surface area contributed by atoms with E-state index >= 15 is 0 Å². The molecular formula is C15H22N2O2. The molecular weight excluding hydrogens is 240 g/mol. The van der Waals surface area contributed by atoms with Gasteiger partial charge in [-0.05, 0) is 30.0 Å². The summed E-state index contributed by atoms with van der Waals surface area (Å²) in [6.45, 7) is 3.70. The summed E-state index contributed by atoms with van der Waals surface area (Å²) in [6, 6.07) is 7.49. The van der Waals surface area contributed by atoms with Crippen LogP contribution in [-0.2, 0) is 16.0 Å². The fourth-order valence-corrected chi connectivity index (χ4v) is 2.49. The number of rotatable bonds is 3. The maximum Gasteiger partial charge on any atom is 0.227 e. The lowest BCUT2D eigenvalue weighted by atomic mass is 9.95. The normalized spacial score (nSPS) is 23.4. The van der Waals surface area contributed by atoms with Gasteiger partial charge in [-0.15, -0.1) is 0 Å². The SMILES string of the molecule is COC1CN(C(=O)Cc2ccc(N)cc2)CCC1C. The molecule has 4 heteroatoms. The van der Waals surface area contributed by atoms with E-state index in [4.69, 9.17) is 10.5 Å². The predicted molar refractivity (Wildman–Crippen MR) is 75.7 cm³/mol. The van der Waals surface area contributed by atoms with Crippen molar-refractivity contribution in [2.75, 3.05) is 25.9 Å². The third kappa shape index (κ3) is 3.47. The van der Waals surface area contributed by atoms with Crippen molar-refractivity contribution in [2.45, 2.75) is 25.9 Å². The van der Waals surface area contributed by atoms with E-state index in [-0.39, 0.29) is 12.0 Å². The van der Waals surface area contributed by atoms with Gasteiger partial charge in [0, 0.05) is 25.9 Å². The van der Waals surface area contributed by atoms with Crippen LogP contribution in [0.5, 0.6) is 0 Å². The highest BCUT2D eigenvalue weighted by Crippen LogP contribution is 2.20. The number of nitrogens with zero attached hydrogens (tertiary/aromatic N) is 1. The Balaban J connectivity index is 1.94. The minimum atomic E-state index is 0.157. The molecule has 0 bridgehead atoms. The molecule has 1 aromatic carbocycles. The topological polar surface area (TPSA) is 55.6 Å². The van der Waals surface area contributed by atoms with E-state index < -0.39 is 0 Å². The molecule has 0 spiro atoms. The summed E-state index contributed by atoms with van der Waals surface area (Å²) in [5, 5.41) is 0. The second-order valence-corrected chi connectivity index (χ2v) is 5.30. The van der Waals surface area contributed by atoms with Crippen molar-refractivity contribution in [2.24, 2.45) is 5.92 Å². The number of piperidine rings is 1. The van der Waals surface area contributed by atoms with E-state index in [0.717, 1.165) is 24.2 Å². The minimum Gasteiger partial charge on any atom is -0.399 e. The molecule has 1 aliphatic rings. The lowest BCUT2D eigenvalue weighted by molar-refractivity contribution is -0.135. The Morgan fingerprint density at radius 2 is 2.11 bits per heavy atom. The van der Waals surface area contributed by atoms with E-state index in [1.807, 2.05) is 29.2 Å². The number of hydrogen-bond acceptors (Lipinski definition) is 3. The molecule has 19 heavy (non-hydrogen) atoms. The largest absolute Gasteiger partial charge is 0.399 e. The maximum absolute atomic E-state index is 12.3. The molecule has 1 heterocycles. The van der Waals surface area contributed by atoms with Gasteiger partial charge in [0.1, 0.15) is 0 Å². The number of hydrogen-bond donors (Lipinski definition) is 1. The van der Waals surface area contributed by atoms with Gasteiger partial charge in [0.05, 0.1) is 12.5 Å². The molecule has 104 valence electrons. The van der Waals surface area contributed by atoms with Crippen LogP contribution in [0.2, 0.25) is 0 Å². The summed E-state index contributed by atoms with van der Waals surface area (Å²) >= 11 is 0. The molecule has 0 radical (unpaired) electrons. The van der Waals surface area contributed by atoms with Crippen LogP contribution in [0.4, 0.5) is 5.69 Å². The van der Waals surface area contributed by atoms with E-state index in [1.165, 1.54) is 0 Å². The van der Waals surface area contributed by atoms with Crippen molar-refractivity contribution in [3.63, 3.8) is 0 Å². The minimum absolute atomic E-state index is 0.157. The summed E-state index contributed by atoms with van der Waals surface area (Å²) in [6.07, 6.45) is 1.60. The Kier molecular flexibility index (Phi) is 4.43. The van der Waals surface area contributed by atoms with Gasteiger partial charge >= 0.3 is 0 Å².